The number of pyridine rings is 1. The van der Waals surface area contributed by atoms with Gasteiger partial charge in [0.2, 0.25) is 0 Å². The standard InChI is InChI=1S/C10H13N3OS/c1-6-13-9-7(3-4-14-2)8(11)5-12-10(9)15-6/h5H,3-4,11H2,1-2H3. The number of fused-ring (bicyclic) bond motifs is 1. The highest BCUT2D eigenvalue weighted by molar-refractivity contribution is 7.18. The average Bonchev–Trinajstić information content (AvgIpc) is 2.57. The van der Waals surface area contributed by atoms with Crippen LogP contribution in [-0.4, -0.2) is 23.7 Å². The van der Waals surface area contributed by atoms with Crippen LogP contribution in [0, 0.1) is 6.92 Å². The van der Waals surface area contributed by atoms with Gasteiger partial charge in [0.15, 0.2) is 0 Å². The molecular formula is C10H13N3OS. The molecule has 4 nitrogen and oxygen atoms in total. The van der Waals surface area contributed by atoms with E-state index in [9.17, 15) is 0 Å². The summed E-state index contributed by atoms with van der Waals surface area (Å²) >= 11 is 1.59. The number of nitrogens with zero attached hydrogens (tertiary/aromatic N) is 2. The van der Waals surface area contributed by atoms with Crippen LogP contribution in [0.5, 0.6) is 0 Å². The number of methoxy groups -OCH3 is 1. The molecule has 0 saturated heterocycles. The van der Waals surface area contributed by atoms with E-state index in [1.807, 2.05) is 6.92 Å². The Labute approximate surface area is 92.1 Å². The van der Waals surface area contributed by atoms with Crippen molar-refractivity contribution in [3.63, 3.8) is 0 Å². The lowest BCUT2D eigenvalue weighted by atomic mass is 10.1. The number of aromatic nitrogens is 2. The van der Waals surface area contributed by atoms with E-state index in [-0.39, 0.29) is 0 Å². The van der Waals surface area contributed by atoms with E-state index in [4.69, 9.17) is 10.5 Å². The average molecular weight is 223 g/mol. The van der Waals surface area contributed by atoms with Crippen molar-refractivity contribution in [2.24, 2.45) is 0 Å². The van der Waals surface area contributed by atoms with Crippen LogP contribution in [0.2, 0.25) is 0 Å². The molecular weight excluding hydrogens is 210 g/mol. The summed E-state index contributed by atoms with van der Waals surface area (Å²) in [6, 6.07) is 0. The molecule has 0 unspecified atom stereocenters. The number of thiazole rings is 1. The number of nitrogen functional groups attached to an aromatic ring is 1. The minimum atomic E-state index is 0.653. The first kappa shape index (κ1) is 10.3. The van der Waals surface area contributed by atoms with Crippen LogP contribution in [0.1, 0.15) is 10.6 Å². The highest BCUT2D eigenvalue weighted by atomic mass is 32.1. The molecule has 0 radical (unpaired) electrons. The maximum Gasteiger partial charge on any atom is 0.143 e. The van der Waals surface area contributed by atoms with E-state index in [0.29, 0.717) is 12.3 Å². The molecule has 2 rings (SSSR count). The molecule has 2 aromatic heterocycles. The molecule has 0 fully saturated rings. The van der Waals surface area contributed by atoms with Gasteiger partial charge in [-0.3, -0.25) is 0 Å². The maximum absolute atomic E-state index is 5.88. The molecule has 80 valence electrons. The number of rotatable bonds is 3. The quantitative estimate of drug-likeness (QED) is 0.861. The van der Waals surface area contributed by atoms with E-state index in [1.54, 1.807) is 24.6 Å². The van der Waals surface area contributed by atoms with Gasteiger partial charge in [0.05, 0.1) is 23.5 Å². The molecule has 2 N–H and O–H groups in total. The molecule has 5 heteroatoms. The summed E-state index contributed by atoms with van der Waals surface area (Å²) in [5, 5.41) is 1.02. The van der Waals surface area contributed by atoms with Crippen molar-refractivity contribution in [1.29, 1.82) is 0 Å². The third-order valence-corrected chi connectivity index (χ3v) is 3.11. The Kier molecular flexibility index (Phi) is 2.83. The van der Waals surface area contributed by atoms with Gasteiger partial charge in [0, 0.05) is 19.1 Å². The minimum absolute atomic E-state index is 0.653. The predicted molar refractivity (Wildman–Crippen MR) is 62.1 cm³/mol. The molecule has 0 bridgehead atoms. The third kappa shape index (κ3) is 1.93. The lowest BCUT2D eigenvalue weighted by Gasteiger charge is -2.04. The van der Waals surface area contributed by atoms with Crippen molar-refractivity contribution < 1.29 is 4.74 Å². The first-order valence-corrected chi connectivity index (χ1v) is 5.53. The number of aryl methyl sites for hydroxylation is 1. The summed E-state index contributed by atoms with van der Waals surface area (Å²) in [6.07, 6.45) is 2.48. The summed E-state index contributed by atoms with van der Waals surface area (Å²) in [4.78, 5) is 9.66. The van der Waals surface area contributed by atoms with Gasteiger partial charge in [-0.1, -0.05) is 11.3 Å². The van der Waals surface area contributed by atoms with Crippen LogP contribution in [0.25, 0.3) is 10.3 Å². The first-order chi connectivity index (χ1) is 7.22. The molecule has 0 aliphatic rings. The lowest BCUT2D eigenvalue weighted by Crippen LogP contribution is -2.01. The van der Waals surface area contributed by atoms with Gasteiger partial charge in [-0.05, 0) is 6.92 Å². The second kappa shape index (κ2) is 4.12. The van der Waals surface area contributed by atoms with E-state index in [2.05, 4.69) is 9.97 Å². The number of hydrogen-bond acceptors (Lipinski definition) is 5. The van der Waals surface area contributed by atoms with E-state index in [1.165, 1.54) is 0 Å². The fourth-order valence-corrected chi connectivity index (χ4v) is 2.30. The number of ether oxygens (including phenoxy) is 1. The molecule has 0 spiro atoms. The summed E-state index contributed by atoms with van der Waals surface area (Å²) in [7, 11) is 1.68. The van der Waals surface area contributed by atoms with Crippen LogP contribution in [0.15, 0.2) is 6.20 Å². The monoisotopic (exact) mass is 223 g/mol. The number of anilines is 1. The van der Waals surface area contributed by atoms with Crippen molar-refractivity contribution in [2.75, 3.05) is 19.5 Å². The molecule has 15 heavy (non-hydrogen) atoms. The van der Waals surface area contributed by atoms with Gasteiger partial charge >= 0.3 is 0 Å². The molecule has 2 heterocycles. The van der Waals surface area contributed by atoms with Gasteiger partial charge < -0.3 is 10.5 Å². The zero-order chi connectivity index (χ0) is 10.8. The Morgan fingerprint density at radius 3 is 3.07 bits per heavy atom. The second-order valence-corrected chi connectivity index (χ2v) is 4.50. The summed E-state index contributed by atoms with van der Waals surface area (Å²) in [5.74, 6) is 0. The molecule has 0 aromatic carbocycles. The molecule has 0 atom stereocenters. The van der Waals surface area contributed by atoms with Crippen LogP contribution in [0.4, 0.5) is 5.69 Å². The van der Waals surface area contributed by atoms with E-state index < -0.39 is 0 Å². The van der Waals surface area contributed by atoms with Gasteiger partial charge in [0.1, 0.15) is 10.3 Å². The largest absolute Gasteiger partial charge is 0.397 e. The zero-order valence-corrected chi connectivity index (χ0v) is 9.60. The highest BCUT2D eigenvalue weighted by Gasteiger charge is 2.10. The minimum Gasteiger partial charge on any atom is -0.397 e. The Bertz CT molecular complexity index is 481. The molecule has 0 aliphatic heterocycles. The van der Waals surface area contributed by atoms with Gasteiger partial charge in [-0.15, -0.1) is 0 Å². The van der Waals surface area contributed by atoms with Gasteiger partial charge in [-0.25, -0.2) is 9.97 Å². The number of hydrogen-bond donors (Lipinski definition) is 1. The van der Waals surface area contributed by atoms with Crippen molar-refractivity contribution in [2.45, 2.75) is 13.3 Å². The lowest BCUT2D eigenvalue weighted by molar-refractivity contribution is 0.202. The van der Waals surface area contributed by atoms with E-state index >= 15 is 0 Å². The molecule has 2 aromatic rings. The SMILES string of the molecule is COCCc1c(N)cnc2sc(C)nc12. The van der Waals surface area contributed by atoms with Gasteiger partial charge in [0.25, 0.3) is 0 Å². The Morgan fingerprint density at radius 2 is 2.33 bits per heavy atom. The second-order valence-electron chi connectivity index (χ2n) is 3.32. The van der Waals surface area contributed by atoms with Crippen LogP contribution in [-0.2, 0) is 11.2 Å². The fraction of sp³-hybridized carbons (Fsp3) is 0.400. The Morgan fingerprint density at radius 1 is 1.53 bits per heavy atom. The van der Waals surface area contributed by atoms with E-state index in [0.717, 1.165) is 27.3 Å². The van der Waals surface area contributed by atoms with Crippen LogP contribution < -0.4 is 5.73 Å². The van der Waals surface area contributed by atoms with Crippen molar-refractivity contribution >= 4 is 27.4 Å². The van der Waals surface area contributed by atoms with Crippen LogP contribution in [0.3, 0.4) is 0 Å². The molecule has 0 amide bonds. The third-order valence-electron chi connectivity index (χ3n) is 2.23. The maximum atomic E-state index is 5.88. The summed E-state index contributed by atoms with van der Waals surface area (Å²) in [5.41, 5.74) is 8.56. The van der Waals surface area contributed by atoms with Gasteiger partial charge in [-0.2, -0.15) is 0 Å². The summed E-state index contributed by atoms with van der Waals surface area (Å²) in [6.45, 7) is 2.63. The Balaban J connectivity index is 2.52. The normalized spacial score (nSPS) is 11.1. The number of nitrogens with two attached hydrogens (primary N) is 1. The highest BCUT2D eigenvalue weighted by Crippen LogP contribution is 2.26. The zero-order valence-electron chi connectivity index (χ0n) is 8.78. The smallest absolute Gasteiger partial charge is 0.143 e. The molecule has 0 saturated carbocycles. The first-order valence-electron chi connectivity index (χ1n) is 4.72. The Hall–Kier alpha value is -1.20. The predicted octanol–water partition coefficient (Wildman–Crippen LogP) is 1.77. The topological polar surface area (TPSA) is 61.0 Å². The van der Waals surface area contributed by atoms with Crippen molar-refractivity contribution in [3.05, 3.63) is 16.8 Å². The summed E-state index contributed by atoms with van der Waals surface area (Å²) < 4.78 is 5.06. The van der Waals surface area contributed by atoms with Crippen LogP contribution >= 0.6 is 11.3 Å². The van der Waals surface area contributed by atoms with Crippen molar-refractivity contribution in [3.8, 4) is 0 Å². The molecule has 0 aliphatic carbocycles. The van der Waals surface area contributed by atoms with Crippen molar-refractivity contribution in [1.82, 2.24) is 9.97 Å². The fourth-order valence-electron chi connectivity index (χ4n) is 1.51.